The van der Waals surface area contributed by atoms with E-state index in [1.165, 1.54) is 13.0 Å². The van der Waals surface area contributed by atoms with Crippen molar-refractivity contribution in [3.8, 4) is 11.8 Å². The number of hydrogen-bond acceptors (Lipinski definition) is 4. The Morgan fingerprint density at radius 3 is 2.42 bits per heavy atom. The number of nitrogens with one attached hydrogen (secondary N) is 1. The molecule has 0 spiro atoms. The van der Waals surface area contributed by atoms with Crippen LogP contribution in [0.2, 0.25) is 0 Å². The maximum atomic E-state index is 13.2. The van der Waals surface area contributed by atoms with Crippen molar-refractivity contribution >= 4 is 17.6 Å². The van der Waals surface area contributed by atoms with Gasteiger partial charge in [-0.15, -0.1) is 0 Å². The van der Waals surface area contributed by atoms with Crippen molar-refractivity contribution in [2.24, 2.45) is 0 Å². The van der Waals surface area contributed by atoms with Crippen LogP contribution in [0.1, 0.15) is 43.7 Å². The number of hydrogen-bond donors (Lipinski definition) is 1. The highest BCUT2D eigenvalue weighted by molar-refractivity contribution is 6.00. The van der Waals surface area contributed by atoms with Crippen LogP contribution in [0.3, 0.4) is 0 Å². The van der Waals surface area contributed by atoms with Gasteiger partial charge in [0.15, 0.2) is 0 Å². The minimum atomic E-state index is -0.567. The lowest BCUT2D eigenvalue weighted by Gasteiger charge is -2.28. The summed E-state index contributed by atoms with van der Waals surface area (Å²) in [5, 5.41) is 12.3. The maximum Gasteiger partial charge on any atom is 0.308 e. The number of ether oxygens (including phenoxy) is 1. The quantitative estimate of drug-likeness (QED) is 0.670. The van der Waals surface area contributed by atoms with E-state index in [2.05, 4.69) is 11.4 Å². The summed E-state index contributed by atoms with van der Waals surface area (Å²) in [6.07, 6.45) is 3.57. The summed E-state index contributed by atoms with van der Waals surface area (Å²) in [7, 11) is 0. The van der Waals surface area contributed by atoms with E-state index in [4.69, 9.17) is 4.74 Å². The molecule has 3 rings (SSSR count). The fraction of sp³-hybridized carbons (Fsp3) is 0.286. The van der Waals surface area contributed by atoms with Gasteiger partial charge in [0.1, 0.15) is 11.8 Å². The van der Waals surface area contributed by atoms with E-state index < -0.39 is 11.4 Å². The lowest BCUT2D eigenvalue weighted by molar-refractivity contribution is -0.131. The Balaban J connectivity index is 1.89. The Labute approximate surface area is 152 Å². The predicted octanol–water partition coefficient (Wildman–Crippen LogP) is 3.93. The normalized spacial score (nSPS) is 15.1. The van der Waals surface area contributed by atoms with E-state index >= 15 is 0 Å². The fourth-order valence-electron chi connectivity index (χ4n) is 3.58. The zero-order valence-electron chi connectivity index (χ0n) is 14.6. The first-order chi connectivity index (χ1) is 12.5. The van der Waals surface area contributed by atoms with Gasteiger partial charge >= 0.3 is 5.97 Å². The van der Waals surface area contributed by atoms with Crippen molar-refractivity contribution in [1.82, 2.24) is 0 Å². The SMILES string of the molecule is CC(=O)Oc1ccc(NC(=O)C2(c3ccccc3)CCCC2)c(C#N)c1. The van der Waals surface area contributed by atoms with Crippen molar-refractivity contribution in [1.29, 1.82) is 5.26 Å². The van der Waals surface area contributed by atoms with Crippen molar-refractivity contribution in [2.75, 3.05) is 5.32 Å². The predicted molar refractivity (Wildman–Crippen MR) is 97.7 cm³/mol. The van der Waals surface area contributed by atoms with Crippen LogP contribution >= 0.6 is 0 Å². The molecule has 5 heteroatoms. The second-order valence-electron chi connectivity index (χ2n) is 6.52. The summed E-state index contributed by atoms with van der Waals surface area (Å²) in [6.45, 7) is 1.30. The zero-order chi connectivity index (χ0) is 18.6. The topological polar surface area (TPSA) is 79.2 Å². The van der Waals surface area contributed by atoms with E-state index in [0.717, 1.165) is 31.2 Å². The lowest BCUT2D eigenvalue weighted by Crippen LogP contribution is -2.38. The molecule has 0 unspecified atom stereocenters. The summed E-state index contributed by atoms with van der Waals surface area (Å²) in [6, 6.07) is 16.5. The van der Waals surface area contributed by atoms with Crippen LogP contribution in [0, 0.1) is 11.3 Å². The maximum absolute atomic E-state index is 13.2. The minimum absolute atomic E-state index is 0.0991. The largest absolute Gasteiger partial charge is 0.427 e. The van der Waals surface area contributed by atoms with E-state index in [1.54, 1.807) is 12.1 Å². The summed E-state index contributed by atoms with van der Waals surface area (Å²) < 4.78 is 5.00. The molecule has 5 nitrogen and oxygen atoms in total. The number of anilines is 1. The monoisotopic (exact) mass is 348 g/mol. The lowest BCUT2D eigenvalue weighted by atomic mass is 9.78. The first kappa shape index (κ1) is 17.7. The van der Waals surface area contributed by atoms with Crippen LogP contribution in [0.25, 0.3) is 0 Å². The van der Waals surface area contributed by atoms with E-state index in [1.807, 2.05) is 30.3 Å². The van der Waals surface area contributed by atoms with Crippen LogP contribution in [-0.4, -0.2) is 11.9 Å². The van der Waals surface area contributed by atoms with Crippen LogP contribution in [-0.2, 0) is 15.0 Å². The van der Waals surface area contributed by atoms with Gasteiger partial charge in [-0.2, -0.15) is 5.26 Å². The molecule has 1 N–H and O–H groups in total. The Hall–Kier alpha value is -3.13. The minimum Gasteiger partial charge on any atom is -0.427 e. The Morgan fingerprint density at radius 2 is 1.81 bits per heavy atom. The summed E-state index contributed by atoms with van der Waals surface area (Å²) >= 11 is 0. The van der Waals surface area contributed by atoms with Gasteiger partial charge in [0.2, 0.25) is 5.91 Å². The van der Waals surface area contributed by atoms with Gasteiger partial charge in [0, 0.05) is 13.0 Å². The third-order valence-corrected chi connectivity index (χ3v) is 4.84. The molecule has 0 radical (unpaired) electrons. The molecular formula is C21H20N2O3. The molecule has 0 atom stereocenters. The number of nitriles is 1. The number of amides is 1. The third-order valence-electron chi connectivity index (χ3n) is 4.84. The number of esters is 1. The molecule has 1 fully saturated rings. The molecule has 2 aromatic carbocycles. The molecule has 1 amide bonds. The van der Waals surface area contributed by atoms with Gasteiger partial charge in [-0.25, -0.2) is 0 Å². The number of benzene rings is 2. The number of nitrogens with zero attached hydrogens (tertiary/aromatic N) is 1. The molecule has 132 valence electrons. The standard InChI is InChI=1S/C21H20N2O3/c1-15(24)26-18-9-10-19(16(13-18)14-22)23-20(25)21(11-5-6-12-21)17-7-3-2-4-8-17/h2-4,7-10,13H,5-6,11-12H2,1H3,(H,23,25). The van der Waals surface area contributed by atoms with Crippen LogP contribution < -0.4 is 10.1 Å². The summed E-state index contributed by atoms with van der Waals surface area (Å²) in [5.41, 5.74) is 1.13. The van der Waals surface area contributed by atoms with Crippen molar-refractivity contribution in [3.05, 3.63) is 59.7 Å². The van der Waals surface area contributed by atoms with Gasteiger partial charge in [0.05, 0.1) is 16.7 Å². The molecular weight excluding hydrogens is 328 g/mol. The average molecular weight is 348 g/mol. The highest BCUT2D eigenvalue weighted by atomic mass is 16.5. The molecule has 0 aromatic heterocycles. The molecule has 1 saturated carbocycles. The average Bonchev–Trinajstić information content (AvgIpc) is 3.14. The van der Waals surface area contributed by atoms with Gasteiger partial charge in [-0.3, -0.25) is 9.59 Å². The molecule has 0 saturated heterocycles. The summed E-state index contributed by atoms with van der Waals surface area (Å²) in [5.74, 6) is -0.275. The van der Waals surface area contributed by atoms with Gasteiger partial charge in [-0.05, 0) is 30.5 Å². The Bertz CT molecular complexity index is 863. The smallest absolute Gasteiger partial charge is 0.308 e. The van der Waals surface area contributed by atoms with Crippen LogP contribution in [0.15, 0.2) is 48.5 Å². The van der Waals surface area contributed by atoms with E-state index in [9.17, 15) is 14.9 Å². The van der Waals surface area contributed by atoms with Crippen LogP contribution in [0.4, 0.5) is 5.69 Å². The number of carbonyl (C=O) groups excluding carboxylic acids is 2. The van der Waals surface area contributed by atoms with Crippen molar-refractivity contribution in [3.63, 3.8) is 0 Å². The van der Waals surface area contributed by atoms with Crippen LogP contribution in [0.5, 0.6) is 5.75 Å². The summed E-state index contributed by atoms with van der Waals surface area (Å²) in [4.78, 5) is 24.2. The number of carbonyl (C=O) groups is 2. The van der Waals surface area contributed by atoms with Gasteiger partial charge in [0.25, 0.3) is 0 Å². The molecule has 0 aliphatic heterocycles. The zero-order valence-corrected chi connectivity index (χ0v) is 14.6. The fourth-order valence-corrected chi connectivity index (χ4v) is 3.58. The highest BCUT2D eigenvalue weighted by Gasteiger charge is 2.42. The first-order valence-electron chi connectivity index (χ1n) is 8.65. The Morgan fingerprint density at radius 1 is 1.12 bits per heavy atom. The molecule has 1 aliphatic carbocycles. The first-order valence-corrected chi connectivity index (χ1v) is 8.65. The van der Waals surface area contributed by atoms with Crippen molar-refractivity contribution in [2.45, 2.75) is 38.0 Å². The molecule has 26 heavy (non-hydrogen) atoms. The number of rotatable bonds is 4. The van der Waals surface area contributed by atoms with Gasteiger partial charge < -0.3 is 10.1 Å². The van der Waals surface area contributed by atoms with E-state index in [-0.39, 0.29) is 17.2 Å². The van der Waals surface area contributed by atoms with E-state index in [0.29, 0.717) is 5.69 Å². The molecule has 0 bridgehead atoms. The second-order valence-corrected chi connectivity index (χ2v) is 6.52. The van der Waals surface area contributed by atoms with Crippen molar-refractivity contribution < 1.29 is 14.3 Å². The molecule has 1 aliphatic rings. The molecule has 2 aromatic rings. The second kappa shape index (κ2) is 7.40. The highest BCUT2D eigenvalue weighted by Crippen LogP contribution is 2.42. The Kier molecular flexibility index (Phi) is 5.04. The molecule has 0 heterocycles. The third kappa shape index (κ3) is 3.45. The van der Waals surface area contributed by atoms with Gasteiger partial charge in [-0.1, -0.05) is 43.2 Å².